The van der Waals surface area contributed by atoms with Crippen LogP contribution in [0.2, 0.25) is 0 Å². The van der Waals surface area contributed by atoms with Crippen molar-refractivity contribution in [2.75, 3.05) is 0 Å². The molecule has 0 radical (unpaired) electrons. The van der Waals surface area contributed by atoms with Crippen molar-refractivity contribution in [2.45, 2.75) is 12.0 Å². The molecule has 0 fully saturated rings. The molecule has 1 rings (SSSR count). The van der Waals surface area contributed by atoms with Gasteiger partial charge in [-0.3, -0.25) is 0 Å². The molecule has 1 aromatic rings. The van der Waals surface area contributed by atoms with Crippen molar-refractivity contribution < 1.29 is 23.8 Å². The van der Waals surface area contributed by atoms with Gasteiger partial charge in [0.15, 0.2) is 0 Å². The molecule has 76 valence electrons. The Bertz CT molecular complexity index is 324. The van der Waals surface area contributed by atoms with E-state index in [0.717, 1.165) is 12.1 Å². The molecule has 0 bridgehead atoms. The number of aliphatic hydroxyl groups excluding tert-OH is 1. The van der Waals surface area contributed by atoms with Gasteiger partial charge < -0.3 is 10.2 Å². The van der Waals surface area contributed by atoms with Gasteiger partial charge in [0.05, 0.1) is 0 Å². The summed E-state index contributed by atoms with van der Waals surface area (Å²) < 4.78 is 26.3. The van der Waals surface area contributed by atoms with Crippen LogP contribution >= 0.6 is 0 Å². The van der Waals surface area contributed by atoms with Crippen molar-refractivity contribution >= 4 is 5.97 Å². The van der Waals surface area contributed by atoms with Gasteiger partial charge in [-0.15, -0.1) is 0 Å². The van der Waals surface area contributed by atoms with E-state index in [1.807, 2.05) is 0 Å². The topological polar surface area (TPSA) is 57.5 Å². The van der Waals surface area contributed by atoms with Crippen molar-refractivity contribution in [3.8, 4) is 0 Å². The molecule has 0 saturated carbocycles. The summed E-state index contributed by atoms with van der Waals surface area (Å²) in [6, 6.07) is 6.33. The summed E-state index contributed by atoms with van der Waals surface area (Å²) in [7, 11) is 0. The molecule has 14 heavy (non-hydrogen) atoms. The largest absolute Gasteiger partial charge is 0.479 e. The predicted octanol–water partition coefficient (Wildman–Crippen LogP) is 1.22. The molecule has 1 aromatic carbocycles. The second kappa shape index (κ2) is 3.71. The summed E-state index contributed by atoms with van der Waals surface area (Å²) in [5, 5.41) is 17.0. The summed E-state index contributed by atoms with van der Waals surface area (Å²) in [5.41, 5.74) is -0.519. The van der Waals surface area contributed by atoms with Crippen LogP contribution in [0.5, 0.6) is 0 Å². The number of aliphatic carboxylic acids is 1. The highest BCUT2D eigenvalue weighted by Crippen LogP contribution is 2.31. The van der Waals surface area contributed by atoms with Gasteiger partial charge in [-0.1, -0.05) is 30.3 Å². The minimum atomic E-state index is -3.77. The molecule has 0 aliphatic carbocycles. The summed E-state index contributed by atoms with van der Waals surface area (Å²) in [6.07, 6.45) is -2.72. The van der Waals surface area contributed by atoms with E-state index in [1.54, 1.807) is 0 Å². The first-order valence-corrected chi connectivity index (χ1v) is 3.80. The standard InChI is InChI=1S/C9H8F2O3/c10-9(11,7(12)8(13)14)6-4-2-1-3-5-6/h1-5,7,12H,(H,13,14). The lowest BCUT2D eigenvalue weighted by molar-refractivity contribution is -0.173. The molecule has 0 aromatic heterocycles. The molecule has 0 saturated heterocycles. The number of aliphatic hydroxyl groups is 1. The molecular formula is C9H8F2O3. The quantitative estimate of drug-likeness (QED) is 0.774. The zero-order valence-electron chi connectivity index (χ0n) is 7.02. The smallest absolute Gasteiger partial charge is 0.339 e. The monoisotopic (exact) mass is 202 g/mol. The minimum absolute atomic E-state index is 0.519. The lowest BCUT2D eigenvalue weighted by Gasteiger charge is -2.19. The Morgan fingerprint density at radius 3 is 2.21 bits per heavy atom. The summed E-state index contributed by atoms with van der Waals surface area (Å²) in [5.74, 6) is -5.72. The van der Waals surface area contributed by atoms with Gasteiger partial charge in [-0.2, -0.15) is 8.78 Å². The molecule has 1 atom stereocenters. The molecule has 0 amide bonds. The fourth-order valence-electron chi connectivity index (χ4n) is 0.973. The number of hydrogen-bond donors (Lipinski definition) is 2. The van der Waals surface area contributed by atoms with Crippen molar-refractivity contribution in [3.05, 3.63) is 35.9 Å². The molecule has 0 spiro atoms. The third kappa shape index (κ3) is 1.88. The van der Waals surface area contributed by atoms with Crippen LogP contribution in [-0.2, 0) is 10.7 Å². The number of benzene rings is 1. The highest BCUT2D eigenvalue weighted by atomic mass is 19.3. The van der Waals surface area contributed by atoms with Crippen LogP contribution < -0.4 is 0 Å². The van der Waals surface area contributed by atoms with E-state index < -0.39 is 23.6 Å². The second-order valence-corrected chi connectivity index (χ2v) is 2.73. The van der Waals surface area contributed by atoms with E-state index in [1.165, 1.54) is 18.2 Å². The van der Waals surface area contributed by atoms with Crippen LogP contribution in [-0.4, -0.2) is 22.3 Å². The van der Waals surface area contributed by atoms with Crippen LogP contribution in [0.15, 0.2) is 30.3 Å². The Morgan fingerprint density at radius 1 is 1.29 bits per heavy atom. The van der Waals surface area contributed by atoms with Crippen LogP contribution in [0.1, 0.15) is 5.56 Å². The summed E-state index contributed by atoms with van der Waals surface area (Å²) >= 11 is 0. The molecule has 2 N–H and O–H groups in total. The van der Waals surface area contributed by atoms with Gasteiger partial charge >= 0.3 is 11.9 Å². The summed E-state index contributed by atoms with van der Waals surface area (Å²) in [6.45, 7) is 0. The highest BCUT2D eigenvalue weighted by Gasteiger charge is 2.44. The Balaban J connectivity index is 3.02. The number of hydrogen-bond acceptors (Lipinski definition) is 2. The molecule has 0 aliphatic heterocycles. The Kier molecular flexibility index (Phi) is 2.81. The van der Waals surface area contributed by atoms with E-state index in [0.29, 0.717) is 0 Å². The van der Waals surface area contributed by atoms with E-state index in [9.17, 15) is 13.6 Å². The lowest BCUT2D eigenvalue weighted by atomic mass is 10.0. The lowest BCUT2D eigenvalue weighted by Crippen LogP contribution is -2.37. The Morgan fingerprint density at radius 2 is 1.79 bits per heavy atom. The number of alkyl halides is 2. The fourth-order valence-corrected chi connectivity index (χ4v) is 0.973. The first-order chi connectivity index (χ1) is 6.46. The maximum atomic E-state index is 13.2. The van der Waals surface area contributed by atoms with Crippen LogP contribution in [0.4, 0.5) is 8.78 Å². The predicted molar refractivity (Wildman–Crippen MR) is 44.0 cm³/mol. The van der Waals surface area contributed by atoms with Crippen molar-refractivity contribution in [1.82, 2.24) is 0 Å². The van der Waals surface area contributed by atoms with Crippen molar-refractivity contribution in [3.63, 3.8) is 0 Å². The summed E-state index contributed by atoms with van der Waals surface area (Å²) in [4.78, 5) is 10.2. The molecule has 5 heteroatoms. The highest BCUT2D eigenvalue weighted by molar-refractivity contribution is 5.73. The van der Waals surface area contributed by atoms with Gasteiger partial charge in [-0.05, 0) is 0 Å². The van der Waals surface area contributed by atoms with Crippen LogP contribution in [0.25, 0.3) is 0 Å². The number of carbonyl (C=O) groups is 1. The fraction of sp³-hybridized carbons (Fsp3) is 0.222. The minimum Gasteiger partial charge on any atom is -0.479 e. The third-order valence-corrected chi connectivity index (χ3v) is 1.74. The zero-order chi connectivity index (χ0) is 10.8. The zero-order valence-corrected chi connectivity index (χ0v) is 7.02. The normalized spacial score (nSPS) is 13.6. The number of carboxylic acid groups (broad SMARTS) is 1. The van der Waals surface area contributed by atoms with Gasteiger partial charge in [0.1, 0.15) is 0 Å². The maximum absolute atomic E-state index is 13.2. The molecule has 0 aliphatic rings. The molecule has 1 unspecified atom stereocenters. The molecular weight excluding hydrogens is 194 g/mol. The first kappa shape index (κ1) is 10.6. The van der Waals surface area contributed by atoms with E-state index in [-0.39, 0.29) is 0 Å². The Labute approximate surface area is 78.6 Å². The SMILES string of the molecule is O=C(O)C(O)C(F)(F)c1ccccc1. The first-order valence-electron chi connectivity index (χ1n) is 3.80. The van der Waals surface area contributed by atoms with Gasteiger partial charge in [-0.25, -0.2) is 4.79 Å². The number of rotatable bonds is 3. The van der Waals surface area contributed by atoms with Crippen molar-refractivity contribution in [2.24, 2.45) is 0 Å². The molecule has 0 heterocycles. The second-order valence-electron chi connectivity index (χ2n) is 2.73. The van der Waals surface area contributed by atoms with Gasteiger partial charge in [0.2, 0.25) is 6.10 Å². The van der Waals surface area contributed by atoms with E-state index in [2.05, 4.69) is 0 Å². The van der Waals surface area contributed by atoms with E-state index in [4.69, 9.17) is 10.2 Å². The average molecular weight is 202 g/mol. The number of carboxylic acids is 1. The van der Waals surface area contributed by atoms with Crippen LogP contribution in [0, 0.1) is 0 Å². The van der Waals surface area contributed by atoms with Crippen molar-refractivity contribution in [1.29, 1.82) is 0 Å². The van der Waals surface area contributed by atoms with Gasteiger partial charge in [0, 0.05) is 5.56 Å². The maximum Gasteiger partial charge on any atom is 0.339 e. The Hall–Kier alpha value is -1.49. The van der Waals surface area contributed by atoms with Gasteiger partial charge in [0.25, 0.3) is 0 Å². The molecule has 3 nitrogen and oxygen atoms in total. The third-order valence-electron chi connectivity index (χ3n) is 1.74. The average Bonchev–Trinajstić information content (AvgIpc) is 2.18. The number of halogens is 2. The van der Waals surface area contributed by atoms with Crippen LogP contribution in [0.3, 0.4) is 0 Å². The van der Waals surface area contributed by atoms with E-state index >= 15 is 0 Å².